The van der Waals surface area contributed by atoms with Gasteiger partial charge in [0.25, 0.3) is 5.91 Å². The molecule has 0 saturated heterocycles. The predicted octanol–water partition coefficient (Wildman–Crippen LogP) is 7.34. The van der Waals surface area contributed by atoms with Crippen molar-refractivity contribution in [1.29, 1.82) is 0 Å². The van der Waals surface area contributed by atoms with Gasteiger partial charge in [-0.1, -0.05) is 34.8 Å². The first-order chi connectivity index (χ1) is 15.7. The van der Waals surface area contributed by atoms with Gasteiger partial charge in [-0.3, -0.25) is 9.59 Å². The number of halogens is 3. The highest BCUT2D eigenvalue weighted by atomic mass is 35.5. The highest BCUT2D eigenvalue weighted by Gasteiger charge is 2.18. The number of hydrogen-bond acceptors (Lipinski definition) is 4. The zero-order chi connectivity index (χ0) is 24.1. The van der Waals surface area contributed by atoms with Crippen LogP contribution >= 0.6 is 46.6 Å². The second-order valence-electron chi connectivity index (χ2n) is 7.15. The molecule has 3 rings (SSSR count). The van der Waals surface area contributed by atoms with Crippen LogP contribution in [-0.2, 0) is 4.79 Å². The van der Waals surface area contributed by atoms with Crippen molar-refractivity contribution in [2.24, 2.45) is 0 Å². The number of nitrogens with one attached hydrogen (secondary N) is 2. The van der Waals surface area contributed by atoms with Crippen LogP contribution in [0.15, 0.2) is 59.5 Å². The summed E-state index contributed by atoms with van der Waals surface area (Å²) in [7, 11) is 1.52. The first kappa shape index (κ1) is 25.2. The Bertz CT molecular complexity index is 1190. The normalized spacial score (nSPS) is 11.6. The lowest BCUT2D eigenvalue weighted by Gasteiger charge is -2.15. The molecular weight excluding hydrogens is 503 g/mol. The largest absolute Gasteiger partial charge is 0.495 e. The van der Waals surface area contributed by atoms with Gasteiger partial charge in [0.05, 0.1) is 28.6 Å². The molecule has 0 spiro atoms. The molecule has 0 saturated carbocycles. The van der Waals surface area contributed by atoms with Crippen molar-refractivity contribution in [3.63, 3.8) is 0 Å². The van der Waals surface area contributed by atoms with Crippen molar-refractivity contribution >= 4 is 69.8 Å². The Kier molecular flexibility index (Phi) is 8.54. The van der Waals surface area contributed by atoms with Crippen LogP contribution in [0.2, 0.25) is 15.1 Å². The van der Waals surface area contributed by atoms with Crippen LogP contribution in [0.3, 0.4) is 0 Å². The van der Waals surface area contributed by atoms with Gasteiger partial charge in [-0.05, 0) is 67.9 Å². The first-order valence-corrected chi connectivity index (χ1v) is 11.9. The van der Waals surface area contributed by atoms with Gasteiger partial charge >= 0.3 is 0 Å². The third-order valence-corrected chi connectivity index (χ3v) is 6.78. The van der Waals surface area contributed by atoms with Crippen molar-refractivity contribution in [3.8, 4) is 5.75 Å². The summed E-state index contributed by atoms with van der Waals surface area (Å²) in [5, 5.41) is 6.62. The predicted molar refractivity (Wildman–Crippen MR) is 138 cm³/mol. The Morgan fingerprint density at radius 3 is 2.27 bits per heavy atom. The van der Waals surface area contributed by atoms with Crippen LogP contribution < -0.4 is 15.4 Å². The molecule has 0 radical (unpaired) electrons. The Labute approximate surface area is 211 Å². The van der Waals surface area contributed by atoms with E-state index in [0.29, 0.717) is 32.7 Å². The molecule has 9 heteroatoms. The zero-order valence-electron chi connectivity index (χ0n) is 18.0. The van der Waals surface area contributed by atoms with E-state index in [0.717, 1.165) is 10.5 Å². The highest BCUT2D eigenvalue weighted by Crippen LogP contribution is 2.32. The molecule has 3 aromatic carbocycles. The molecular formula is C24H21Cl3N2O3S. The minimum atomic E-state index is -0.376. The van der Waals surface area contributed by atoms with Gasteiger partial charge < -0.3 is 15.4 Å². The number of ether oxygens (including phenoxy) is 1. The van der Waals surface area contributed by atoms with E-state index in [-0.39, 0.29) is 22.1 Å². The van der Waals surface area contributed by atoms with Crippen LogP contribution in [0.4, 0.5) is 11.4 Å². The SMILES string of the molecule is COc1cc(Cl)c(C)cc1NC(=O)C(C)Sc1ccc(NC(=O)c2ccc(Cl)cc2Cl)cc1. The zero-order valence-corrected chi connectivity index (χ0v) is 21.1. The van der Waals surface area contributed by atoms with E-state index in [2.05, 4.69) is 10.6 Å². The Morgan fingerprint density at radius 2 is 1.64 bits per heavy atom. The summed E-state index contributed by atoms with van der Waals surface area (Å²) in [4.78, 5) is 26.0. The highest BCUT2D eigenvalue weighted by molar-refractivity contribution is 8.00. The van der Waals surface area contributed by atoms with E-state index in [9.17, 15) is 9.59 Å². The maximum absolute atomic E-state index is 12.7. The number of hydrogen-bond donors (Lipinski definition) is 2. The van der Waals surface area contributed by atoms with E-state index in [1.165, 1.54) is 24.9 Å². The van der Waals surface area contributed by atoms with Crippen LogP contribution in [0.25, 0.3) is 0 Å². The van der Waals surface area contributed by atoms with Gasteiger partial charge in [0.1, 0.15) is 5.75 Å². The van der Waals surface area contributed by atoms with Gasteiger partial charge in [0.15, 0.2) is 0 Å². The molecule has 2 N–H and O–H groups in total. The Hall–Kier alpha value is -2.38. The van der Waals surface area contributed by atoms with Gasteiger partial charge in [-0.25, -0.2) is 0 Å². The molecule has 0 fully saturated rings. The summed E-state index contributed by atoms with van der Waals surface area (Å²) in [6, 6.07) is 15.3. The molecule has 0 heterocycles. The Balaban J connectivity index is 1.62. The second kappa shape index (κ2) is 11.2. The minimum absolute atomic E-state index is 0.171. The van der Waals surface area contributed by atoms with Gasteiger partial charge in [-0.2, -0.15) is 0 Å². The molecule has 33 heavy (non-hydrogen) atoms. The first-order valence-electron chi connectivity index (χ1n) is 9.86. The molecule has 1 atom stereocenters. The number of benzene rings is 3. The molecule has 1 unspecified atom stereocenters. The van der Waals surface area contributed by atoms with E-state index in [1.54, 1.807) is 36.4 Å². The number of aryl methyl sites for hydroxylation is 1. The van der Waals surface area contributed by atoms with Gasteiger partial charge in [0.2, 0.25) is 5.91 Å². The lowest BCUT2D eigenvalue weighted by atomic mass is 10.2. The number of carbonyl (C=O) groups is 2. The standard InChI is InChI=1S/C24H21Cl3N2O3S/c1-13-10-21(22(32-3)12-19(13)26)29-23(30)14(2)33-17-7-5-16(6-8-17)28-24(31)18-9-4-15(25)11-20(18)27/h4-12,14H,1-3H3,(H,28,31)(H,29,30). The number of amides is 2. The van der Waals surface area contributed by atoms with E-state index in [1.807, 2.05) is 26.0 Å². The van der Waals surface area contributed by atoms with Crippen LogP contribution in [0.1, 0.15) is 22.8 Å². The average molecular weight is 524 g/mol. The Morgan fingerprint density at radius 1 is 0.939 bits per heavy atom. The fourth-order valence-corrected chi connectivity index (χ4v) is 4.43. The van der Waals surface area contributed by atoms with Crippen LogP contribution in [0, 0.1) is 6.92 Å². The van der Waals surface area contributed by atoms with Crippen molar-refractivity contribution in [2.45, 2.75) is 24.0 Å². The molecule has 0 aliphatic rings. The number of anilines is 2. The quantitative estimate of drug-likeness (QED) is 0.318. The monoisotopic (exact) mass is 522 g/mol. The summed E-state index contributed by atoms with van der Waals surface area (Å²) >= 11 is 19.5. The van der Waals surface area contributed by atoms with Crippen molar-refractivity contribution in [3.05, 3.63) is 80.8 Å². The summed E-state index contributed by atoms with van der Waals surface area (Å²) < 4.78 is 5.31. The lowest BCUT2D eigenvalue weighted by molar-refractivity contribution is -0.115. The number of thioether (sulfide) groups is 1. The van der Waals surface area contributed by atoms with E-state index >= 15 is 0 Å². The molecule has 0 aliphatic carbocycles. The molecule has 0 bridgehead atoms. The summed E-state index contributed by atoms with van der Waals surface area (Å²) in [6.45, 7) is 3.67. The van der Waals surface area contributed by atoms with Gasteiger partial charge in [-0.15, -0.1) is 11.8 Å². The van der Waals surface area contributed by atoms with Crippen molar-refractivity contribution in [2.75, 3.05) is 17.7 Å². The van der Waals surface area contributed by atoms with Gasteiger partial charge in [0, 0.05) is 26.7 Å². The second-order valence-corrected chi connectivity index (χ2v) is 9.82. The lowest BCUT2D eigenvalue weighted by Crippen LogP contribution is -2.22. The van der Waals surface area contributed by atoms with E-state index < -0.39 is 0 Å². The fraction of sp³-hybridized carbons (Fsp3) is 0.167. The fourth-order valence-electron chi connectivity index (χ4n) is 2.91. The average Bonchev–Trinajstić information content (AvgIpc) is 2.77. The maximum Gasteiger partial charge on any atom is 0.257 e. The third-order valence-electron chi connectivity index (χ3n) is 4.71. The van der Waals surface area contributed by atoms with E-state index in [4.69, 9.17) is 39.5 Å². The van der Waals surface area contributed by atoms with Crippen LogP contribution in [-0.4, -0.2) is 24.2 Å². The van der Waals surface area contributed by atoms with Crippen molar-refractivity contribution < 1.29 is 14.3 Å². The van der Waals surface area contributed by atoms with Crippen LogP contribution in [0.5, 0.6) is 5.75 Å². The molecule has 0 aliphatic heterocycles. The molecule has 2 amide bonds. The summed E-state index contributed by atoms with van der Waals surface area (Å²) in [5.41, 5.74) is 2.34. The maximum atomic E-state index is 12.7. The molecule has 5 nitrogen and oxygen atoms in total. The number of rotatable bonds is 7. The third kappa shape index (κ3) is 6.58. The summed E-state index contributed by atoms with van der Waals surface area (Å²) in [6.07, 6.45) is 0. The molecule has 3 aromatic rings. The van der Waals surface area contributed by atoms with Crippen molar-refractivity contribution in [1.82, 2.24) is 0 Å². The number of methoxy groups -OCH3 is 1. The number of carbonyl (C=O) groups excluding carboxylic acids is 2. The topological polar surface area (TPSA) is 67.4 Å². The summed E-state index contributed by atoms with van der Waals surface area (Å²) in [5.74, 6) is -0.0103. The minimum Gasteiger partial charge on any atom is -0.495 e. The molecule has 172 valence electrons. The smallest absolute Gasteiger partial charge is 0.257 e. The molecule has 0 aromatic heterocycles.